The number of carbonyl (C=O) groups excluding carboxylic acids is 1. The van der Waals surface area contributed by atoms with E-state index in [1.165, 1.54) is 17.5 Å². The first kappa shape index (κ1) is 16.4. The Hall–Kier alpha value is -1.51. The molecule has 126 valence electrons. The van der Waals surface area contributed by atoms with Gasteiger partial charge in [0, 0.05) is 12.6 Å². The maximum atomic E-state index is 12.1. The van der Waals surface area contributed by atoms with Crippen molar-refractivity contribution in [2.45, 2.75) is 58.4 Å². The normalized spacial score (nSPS) is 27.5. The third-order valence-corrected chi connectivity index (χ3v) is 5.49. The summed E-state index contributed by atoms with van der Waals surface area (Å²) < 4.78 is 0. The van der Waals surface area contributed by atoms with Crippen LogP contribution in [-0.4, -0.2) is 18.6 Å². The second-order valence-electron chi connectivity index (χ2n) is 7.85. The van der Waals surface area contributed by atoms with Crippen LogP contribution in [0.5, 0.6) is 0 Å². The molecule has 2 unspecified atom stereocenters. The molecule has 0 aliphatic heterocycles. The van der Waals surface area contributed by atoms with Crippen molar-refractivity contribution in [3.05, 3.63) is 35.4 Å². The van der Waals surface area contributed by atoms with Gasteiger partial charge in [-0.15, -0.1) is 0 Å². The number of amides is 2. The third-order valence-electron chi connectivity index (χ3n) is 5.49. The van der Waals surface area contributed by atoms with Gasteiger partial charge in [-0.05, 0) is 67.4 Å². The Labute approximate surface area is 140 Å². The Balaban J connectivity index is 1.36. The van der Waals surface area contributed by atoms with Crippen molar-refractivity contribution in [2.75, 3.05) is 6.54 Å². The van der Waals surface area contributed by atoms with E-state index in [0.29, 0.717) is 12.0 Å². The zero-order valence-corrected chi connectivity index (χ0v) is 14.5. The van der Waals surface area contributed by atoms with Crippen LogP contribution >= 0.6 is 0 Å². The van der Waals surface area contributed by atoms with Crippen LogP contribution in [0.4, 0.5) is 4.79 Å². The minimum absolute atomic E-state index is 0.0202. The molecule has 2 amide bonds. The summed E-state index contributed by atoms with van der Waals surface area (Å²) in [6.07, 6.45) is 6.93. The number of carbonyl (C=O) groups is 1. The summed E-state index contributed by atoms with van der Waals surface area (Å²) in [7, 11) is 0. The molecule has 23 heavy (non-hydrogen) atoms. The van der Waals surface area contributed by atoms with Gasteiger partial charge in [0.15, 0.2) is 0 Å². The Morgan fingerprint density at radius 3 is 2.26 bits per heavy atom. The van der Waals surface area contributed by atoms with Gasteiger partial charge in [0.25, 0.3) is 0 Å². The lowest BCUT2D eigenvalue weighted by molar-refractivity contribution is 0.213. The lowest BCUT2D eigenvalue weighted by atomic mass is 9.80. The van der Waals surface area contributed by atoms with E-state index in [4.69, 9.17) is 0 Å². The minimum Gasteiger partial charge on any atom is -0.338 e. The molecule has 0 bridgehead atoms. The van der Waals surface area contributed by atoms with E-state index in [1.807, 2.05) is 0 Å². The smallest absolute Gasteiger partial charge is 0.315 e. The highest BCUT2D eigenvalue weighted by Crippen LogP contribution is 2.29. The van der Waals surface area contributed by atoms with Crippen molar-refractivity contribution in [3.63, 3.8) is 0 Å². The van der Waals surface area contributed by atoms with Crippen LogP contribution in [0.2, 0.25) is 0 Å². The van der Waals surface area contributed by atoms with Crippen LogP contribution in [0.25, 0.3) is 0 Å². The van der Waals surface area contributed by atoms with Gasteiger partial charge in [-0.1, -0.05) is 38.1 Å². The van der Waals surface area contributed by atoms with Gasteiger partial charge in [0.2, 0.25) is 0 Å². The fourth-order valence-electron chi connectivity index (χ4n) is 4.55. The highest BCUT2D eigenvalue weighted by atomic mass is 16.2. The summed E-state index contributed by atoms with van der Waals surface area (Å²) in [5.74, 6) is 2.13. The van der Waals surface area contributed by atoms with E-state index < -0.39 is 0 Å². The third kappa shape index (κ3) is 4.49. The molecule has 0 radical (unpaired) electrons. The number of hydrogen-bond donors (Lipinski definition) is 2. The first-order valence-corrected chi connectivity index (χ1v) is 9.21. The molecule has 2 aliphatic carbocycles. The van der Waals surface area contributed by atoms with Crippen LogP contribution in [0, 0.1) is 17.8 Å². The van der Waals surface area contributed by atoms with E-state index in [1.54, 1.807) is 0 Å². The number of fused-ring (bicyclic) bond motifs is 1. The van der Waals surface area contributed by atoms with Crippen molar-refractivity contribution >= 4 is 6.03 Å². The molecule has 0 heterocycles. The quantitative estimate of drug-likeness (QED) is 0.869. The monoisotopic (exact) mass is 314 g/mol. The van der Waals surface area contributed by atoms with E-state index in [0.717, 1.165) is 50.5 Å². The van der Waals surface area contributed by atoms with Crippen molar-refractivity contribution in [2.24, 2.45) is 17.8 Å². The molecule has 0 aromatic heterocycles. The topological polar surface area (TPSA) is 41.1 Å². The zero-order valence-electron chi connectivity index (χ0n) is 14.5. The summed E-state index contributed by atoms with van der Waals surface area (Å²) in [5.41, 5.74) is 2.99. The van der Waals surface area contributed by atoms with Crippen LogP contribution in [0.15, 0.2) is 24.3 Å². The molecule has 2 N–H and O–H groups in total. The Morgan fingerprint density at radius 2 is 1.65 bits per heavy atom. The average Bonchev–Trinajstić information content (AvgIpc) is 2.88. The Bertz CT molecular complexity index is 507. The lowest BCUT2D eigenvalue weighted by Gasteiger charge is -2.31. The first-order chi connectivity index (χ1) is 11.1. The standard InChI is InChI=1S/C20H30N2O/c1-14-9-15(2)11-19(10-14)22-20(23)21-8-7-16-12-17-5-3-4-6-18(17)13-16/h3-6,14-16,19H,7-13H2,1-2H3,(H2,21,22,23). The van der Waals surface area contributed by atoms with Crippen LogP contribution in [0.3, 0.4) is 0 Å². The Morgan fingerprint density at radius 1 is 1.04 bits per heavy atom. The molecular weight excluding hydrogens is 284 g/mol. The second-order valence-corrected chi connectivity index (χ2v) is 7.85. The van der Waals surface area contributed by atoms with E-state index in [9.17, 15) is 4.79 Å². The zero-order chi connectivity index (χ0) is 16.2. The number of nitrogens with one attached hydrogen (secondary N) is 2. The van der Waals surface area contributed by atoms with Gasteiger partial charge in [-0.3, -0.25) is 0 Å². The molecular formula is C20H30N2O. The first-order valence-electron chi connectivity index (χ1n) is 9.21. The van der Waals surface area contributed by atoms with Gasteiger partial charge >= 0.3 is 6.03 Å². The molecule has 0 saturated heterocycles. The fraction of sp³-hybridized carbons (Fsp3) is 0.650. The van der Waals surface area contributed by atoms with Gasteiger partial charge < -0.3 is 10.6 Å². The number of benzene rings is 1. The highest BCUT2D eigenvalue weighted by Gasteiger charge is 2.25. The van der Waals surface area contributed by atoms with Crippen molar-refractivity contribution in [3.8, 4) is 0 Å². The molecule has 1 saturated carbocycles. The second kappa shape index (κ2) is 7.37. The predicted octanol–water partition coefficient (Wildman–Crippen LogP) is 3.92. The van der Waals surface area contributed by atoms with Crippen LogP contribution in [0.1, 0.15) is 50.7 Å². The molecule has 1 aromatic carbocycles. The van der Waals surface area contributed by atoms with Gasteiger partial charge in [0.1, 0.15) is 0 Å². The molecule has 2 aliphatic rings. The minimum atomic E-state index is 0.0202. The summed E-state index contributed by atoms with van der Waals surface area (Å²) in [4.78, 5) is 12.1. The SMILES string of the molecule is CC1CC(C)CC(NC(=O)NCCC2Cc3ccccc3C2)C1. The van der Waals surface area contributed by atoms with E-state index >= 15 is 0 Å². The molecule has 3 rings (SSSR count). The van der Waals surface area contributed by atoms with E-state index in [-0.39, 0.29) is 6.03 Å². The molecule has 1 fully saturated rings. The van der Waals surface area contributed by atoms with Crippen molar-refractivity contribution in [1.29, 1.82) is 0 Å². The number of rotatable bonds is 4. The summed E-state index contributed by atoms with van der Waals surface area (Å²) >= 11 is 0. The summed E-state index contributed by atoms with van der Waals surface area (Å²) in [6.45, 7) is 5.36. The van der Waals surface area contributed by atoms with Gasteiger partial charge in [-0.25, -0.2) is 4.79 Å². The number of urea groups is 1. The summed E-state index contributed by atoms with van der Waals surface area (Å²) in [5, 5.41) is 6.24. The van der Waals surface area contributed by atoms with E-state index in [2.05, 4.69) is 48.7 Å². The Kier molecular flexibility index (Phi) is 5.24. The van der Waals surface area contributed by atoms with Gasteiger partial charge in [0.05, 0.1) is 0 Å². The highest BCUT2D eigenvalue weighted by molar-refractivity contribution is 5.74. The summed E-state index contributed by atoms with van der Waals surface area (Å²) in [6, 6.07) is 9.09. The molecule has 1 aromatic rings. The lowest BCUT2D eigenvalue weighted by Crippen LogP contribution is -2.45. The van der Waals surface area contributed by atoms with Crippen molar-refractivity contribution < 1.29 is 4.79 Å². The van der Waals surface area contributed by atoms with Crippen LogP contribution < -0.4 is 10.6 Å². The molecule has 3 nitrogen and oxygen atoms in total. The molecule has 0 spiro atoms. The maximum absolute atomic E-state index is 12.1. The molecule has 2 atom stereocenters. The number of hydrogen-bond acceptors (Lipinski definition) is 1. The van der Waals surface area contributed by atoms with Gasteiger partial charge in [-0.2, -0.15) is 0 Å². The maximum Gasteiger partial charge on any atom is 0.315 e. The largest absolute Gasteiger partial charge is 0.338 e. The average molecular weight is 314 g/mol. The molecule has 3 heteroatoms. The van der Waals surface area contributed by atoms with Crippen molar-refractivity contribution in [1.82, 2.24) is 10.6 Å². The predicted molar refractivity (Wildman–Crippen MR) is 94.5 cm³/mol. The fourth-order valence-corrected chi connectivity index (χ4v) is 4.55. The van der Waals surface area contributed by atoms with Crippen LogP contribution in [-0.2, 0) is 12.8 Å².